The van der Waals surface area contributed by atoms with Crippen LogP contribution in [-0.4, -0.2) is 37.4 Å². The fourth-order valence-corrected chi connectivity index (χ4v) is 5.39. The molecule has 0 unspecified atom stereocenters. The molecule has 2 aromatic rings. The Morgan fingerprint density at radius 2 is 1.79 bits per heavy atom. The molecular weight excluding hydrogens is 436 g/mol. The number of hydrogen-bond acceptors (Lipinski definition) is 6. The number of carbonyl (C=O) groups is 4. The highest BCUT2D eigenvalue weighted by molar-refractivity contribution is 6.23. The number of benzene rings is 2. The number of nitrogens with one attached hydrogen (secondary N) is 1. The quantitative estimate of drug-likeness (QED) is 0.404. The van der Waals surface area contributed by atoms with E-state index in [2.05, 4.69) is 11.4 Å². The molecule has 1 aliphatic heterocycles. The van der Waals surface area contributed by atoms with Crippen molar-refractivity contribution < 1.29 is 28.7 Å². The molecule has 1 saturated heterocycles. The highest BCUT2D eigenvalue weighted by Gasteiger charge is 2.60. The molecule has 2 aromatic carbocycles. The first-order chi connectivity index (χ1) is 16.4. The third kappa shape index (κ3) is 3.65. The van der Waals surface area contributed by atoms with Crippen molar-refractivity contribution in [3.8, 4) is 5.75 Å². The highest BCUT2D eigenvalue weighted by Crippen LogP contribution is 2.55. The fraction of sp³-hybridized carbons (Fsp3) is 0.308. The van der Waals surface area contributed by atoms with Crippen molar-refractivity contribution >= 4 is 35.1 Å². The summed E-state index contributed by atoms with van der Waals surface area (Å²) in [6, 6.07) is 12.9. The zero-order valence-corrected chi connectivity index (χ0v) is 18.8. The Morgan fingerprint density at radius 3 is 2.53 bits per heavy atom. The van der Waals surface area contributed by atoms with Crippen LogP contribution >= 0.6 is 0 Å². The van der Waals surface area contributed by atoms with Gasteiger partial charge in [0.2, 0.25) is 11.8 Å². The van der Waals surface area contributed by atoms with E-state index in [9.17, 15) is 19.2 Å². The molecule has 0 radical (unpaired) electrons. The summed E-state index contributed by atoms with van der Waals surface area (Å²) in [6.45, 7) is 1.54. The van der Waals surface area contributed by atoms with Crippen LogP contribution in [0.1, 0.15) is 23.7 Å². The van der Waals surface area contributed by atoms with Gasteiger partial charge in [0.25, 0.3) is 5.91 Å². The van der Waals surface area contributed by atoms with Crippen molar-refractivity contribution in [2.24, 2.45) is 23.7 Å². The number of methoxy groups -OCH3 is 1. The third-order valence-corrected chi connectivity index (χ3v) is 6.93. The number of hydrogen-bond donors (Lipinski definition) is 1. The minimum absolute atomic E-state index is 0.105. The standard InChI is InChI=1S/C26H24N2O6/c1-14-10-16-12-20(14)23-22(16)24(30)28(25(23)31)18-5-3-4-15(11-18)26(32)34-13-21(29)27-17-6-8-19(33-2)9-7-17/h3-11,16,20,22-23H,12-13H2,1-2H3,(H,27,29)/t16-,20+,22+,23-/m0/s1. The van der Waals surface area contributed by atoms with Gasteiger partial charge in [-0.25, -0.2) is 9.69 Å². The maximum Gasteiger partial charge on any atom is 0.338 e. The topological polar surface area (TPSA) is 102 Å². The van der Waals surface area contributed by atoms with Crippen molar-refractivity contribution in [1.29, 1.82) is 0 Å². The number of esters is 1. The van der Waals surface area contributed by atoms with Gasteiger partial charge in [-0.3, -0.25) is 14.4 Å². The number of imide groups is 1. The number of allylic oxidation sites excluding steroid dienone is 2. The first kappa shape index (κ1) is 21.9. The molecule has 1 heterocycles. The van der Waals surface area contributed by atoms with Gasteiger partial charge >= 0.3 is 5.97 Å². The third-order valence-electron chi connectivity index (χ3n) is 6.93. The van der Waals surface area contributed by atoms with Crippen LogP contribution in [0.25, 0.3) is 0 Å². The Morgan fingerprint density at radius 1 is 1.06 bits per heavy atom. The summed E-state index contributed by atoms with van der Waals surface area (Å²) in [5.41, 5.74) is 2.22. The maximum atomic E-state index is 13.1. The molecule has 2 aliphatic carbocycles. The smallest absolute Gasteiger partial charge is 0.338 e. The van der Waals surface area contributed by atoms with Gasteiger partial charge in [0, 0.05) is 5.69 Å². The van der Waals surface area contributed by atoms with E-state index in [1.54, 1.807) is 43.5 Å². The molecule has 4 atom stereocenters. The van der Waals surface area contributed by atoms with Crippen LogP contribution < -0.4 is 15.0 Å². The predicted molar refractivity (Wildman–Crippen MR) is 123 cm³/mol. The molecule has 2 bridgehead atoms. The Kier molecular flexibility index (Phi) is 5.43. The summed E-state index contributed by atoms with van der Waals surface area (Å²) >= 11 is 0. The number of fused-ring (bicyclic) bond motifs is 5. The van der Waals surface area contributed by atoms with E-state index in [4.69, 9.17) is 9.47 Å². The van der Waals surface area contributed by atoms with Gasteiger partial charge in [-0.1, -0.05) is 17.7 Å². The van der Waals surface area contributed by atoms with Crippen LogP contribution in [0.15, 0.2) is 60.2 Å². The van der Waals surface area contributed by atoms with Gasteiger partial charge in [-0.15, -0.1) is 0 Å². The largest absolute Gasteiger partial charge is 0.497 e. The van der Waals surface area contributed by atoms with E-state index in [-0.39, 0.29) is 41.0 Å². The van der Waals surface area contributed by atoms with E-state index < -0.39 is 18.5 Å². The summed E-state index contributed by atoms with van der Waals surface area (Å²) in [7, 11) is 1.55. The Bertz CT molecular complexity index is 1220. The minimum Gasteiger partial charge on any atom is -0.497 e. The minimum atomic E-state index is -0.719. The van der Waals surface area contributed by atoms with Gasteiger partial charge in [0.1, 0.15) is 5.75 Å². The van der Waals surface area contributed by atoms with Crippen LogP contribution in [0.4, 0.5) is 11.4 Å². The van der Waals surface area contributed by atoms with E-state index >= 15 is 0 Å². The molecule has 0 aromatic heterocycles. The van der Waals surface area contributed by atoms with E-state index in [0.717, 1.165) is 6.42 Å². The lowest BCUT2D eigenvalue weighted by molar-refractivity contribution is -0.123. The Hall–Kier alpha value is -3.94. The fourth-order valence-electron chi connectivity index (χ4n) is 5.39. The molecular formula is C26H24N2O6. The van der Waals surface area contributed by atoms with Crippen molar-refractivity contribution in [3.05, 3.63) is 65.7 Å². The predicted octanol–water partition coefficient (Wildman–Crippen LogP) is 3.19. The van der Waals surface area contributed by atoms with E-state index in [1.165, 1.54) is 22.6 Å². The van der Waals surface area contributed by atoms with Crippen LogP contribution in [0.3, 0.4) is 0 Å². The van der Waals surface area contributed by atoms with Gasteiger partial charge in [0.05, 0.1) is 30.2 Å². The highest BCUT2D eigenvalue weighted by atomic mass is 16.5. The lowest BCUT2D eigenvalue weighted by Crippen LogP contribution is -2.33. The van der Waals surface area contributed by atoms with Gasteiger partial charge in [-0.2, -0.15) is 0 Å². The summed E-state index contributed by atoms with van der Waals surface area (Å²) in [4.78, 5) is 52.2. The zero-order valence-electron chi connectivity index (χ0n) is 18.8. The first-order valence-corrected chi connectivity index (χ1v) is 11.1. The molecule has 8 nitrogen and oxygen atoms in total. The second-order valence-electron chi connectivity index (χ2n) is 8.88. The van der Waals surface area contributed by atoms with Crippen LogP contribution in [-0.2, 0) is 19.1 Å². The molecule has 0 spiro atoms. The normalized spacial score (nSPS) is 24.6. The van der Waals surface area contributed by atoms with Crippen molar-refractivity contribution in [2.75, 3.05) is 23.9 Å². The van der Waals surface area contributed by atoms with Crippen molar-refractivity contribution in [1.82, 2.24) is 0 Å². The van der Waals surface area contributed by atoms with Crippen LogP contribution in [0.2, 0.25) is 0 Å². The maximum absolute atomic E-state index is 13.1. The monoisotopic (exact) mass is 460 g/mol. The number of nitrogens with zero attached hydrogens (tertiary/aromatic N) is 1. The summed E-state index contributed by atoms with van der Waals surface area (Å²) < 4.78 is 10.2. The van der Waals surface area contributed by atoms with E-state index in [0.29, 0.717) is 17.1 Å². The van der Waals surface area contributed by atoms with Gasteiger partial charge in [0.15, 0.2) is 6.61 Å². The SMILES string of the molecule is COc1ccc(NC(=O)COC(=O)c2cccc(N3C(=O)[C@@H]4[C@H](C3=O)[C@H]3C=C(C)[C@H]4C3)c2)cc1. The lowest BCUT2D eigenvalue weighted by atomic mass is 9.82. The second kappa shape index (κ2) is 8.44. The Balaban J connectivity index is 1.23. The molecule has 34 heavy (non-hydrogen) atoms. The first-order valence-electron chi connectivity index (χ1n) is 11.1. The number of rotatable bonds is 6. The summed E-state index contributed by atoms with van der Waals surface area (Å²) in [5, 5.41) is 2.63. The number of ether oxygens (including phenoxy) is 2. The molecule has 5 rings (SSSR count). The molecule has 8 heteroatoms. The molecule has 174 valence electrons. The molecule has 1 saturated carbocycles. The average molecular weight is 460 g/mol. The zero-order chi connectivity index (χ0) is 24.0. The van der Waals surface area contributed by atoms with Crippen LogP contribution in [0.5, 0.6) is 5.75 Å². The van der Waals surface area contributed by atoms with E-state index in [1.807, 2.05) is 6.92 Å². The van der Waals surface area contributed by atoms with Crippen LogP contribution in [0, 0.1) is 23.7 Å². The lowest BCUT2D eigenvalue weighted by Gasteiger charge is -2.19. The van der Waals surface area contributed by atoms with Gasteiger partial charge < -0.3 is 14.8 Å². The molecule has 2 fully saturated rings. The summed E-state index contributed by atoms with van der Waals surface area (Å²) in [5.74, 6) is -1.40. The molecule has 1 N–H and O–H groups in total. The second-order valence-corrected chi connectivity index (χ2v) is 8.88. The Labute approximate surface area is 196 Å². The van der Waals surface area contributed by atoms with Gasteiger partial charge in [-0.05, 0) is 67.6 Å². The average Bonchev–Trinajstić information content (AvgIpc) is 3.48. The number of anilines is 2. The molecule has 3 aliphatic rings. The summed E-state index contributed by atoms with van der Waals surface area (Å²) in [6.07, 6.45) is 2.97. The van der Waals surface area contributed by atoms with Crippen molar-refractivity contribution in [2.45, 2.75) is 13.3 Å². The van der Waals surface area contributed by atoms with Crippen molar-refractivity contribution in [3.63, 3.8) is 0 Å². The number of carbonyl (C=O) groups excluding carboxylic acids is 4. The molecule has 3 amide bonds. The number of amides is 3.